The molecule has 1 saturated heterocycles. The number of benzene rings is 1. The molecule has 0 spiro atoms. The van der Waals surface area contributed by atoms with Crippen molar-refractivity contribution in [1.29, 1.82) is 0 Å². The van der Waals surface area contributed by atoms with E-state index in [1.54, 1.807) is 9.47 Å². The lowest BCUT2D eigenvalue weighted by molar-refractivity contribution is 0.0787. The normalized spacial score (nSPS) is 17.0. The molecular weight excluding hydrogens is 392 g/mol. The van der Waals surface area contributed by atoms with Gasteiger partial charge in [0.1, 0.15) is 22.9 Å². The second-order valence-corrected chi connectivity index (χ2v) is 7.79. The lowest BCUT2D eigenvalue weighted by atomic mass is 10.1. The van der Waals surface area contributed by atoms with Crippen molar-refractivity contribution >= 4 is 5.91 Å². The van der Waals surface area contributed by atoms with E-state index in [-0.39, 0.29) is 11.5 Å². The van der Waals surface area contributed by atoms with Crippen LogP contribution in [0.1, 0.15) is 34.5 Å². The zero-order valence-corrected chi connectivity index (χ0v) is 17.0. The van der Waals surface area contributed by atoms with Crippen LogP contribution < -0.4 is 10.3 Å². The summed E-state index contributed by atoms with van der Waals surface area (Å²) in [7, 11) is 1.47. The maximum Gasteiger partial charge on any atom is 0.259 e. The van der Waals surface area contributed by atoms with Crippen LogP contribution >= 0.6 is 0 Å². The fourth-order valence-corrected chi connectivity index (χ4v) is 4.31. The Balaban J connectivity index is 1.63. The van der Waals surface area contributed by atoms with Crippen LogP contribution in [-0.2, 0) is 19.5 Å². The fraction of sp³-hybridized carbons (Fsp3) is 0.455. The lowest BCUT2D eigenvalue weighted by Crippen LogP contribution is -2.33. The number of halogens is 2. The third kappa shape index (κ3) is 3.96. The smallest absolute Gasteiger partial charge is 0.259 e. The summed E-state index contributed by atoms with van der Waals surface area (Å²) >= 11 is 0. The summed E-state index contributed by atoms with van der Waals surface area (Å²) in [6.45, 7) is 3.17. The van der Waals surface area contributed by atoms with Crippen molar-refractivity contribution in [3.8, 4) is 5.75 Å². The van der Waals surface area contributed by atoms with Gasteiger partial charge in [-0.15, -0.1) is 0 Å². The SMILES string of the molecule is COc1cc(=O)n2c(c1C(=O)N1CCCC1)CCN(Cc1ccc(F)cc1F)CC2. The number of rotatable bonds is 4. The van der Waals surface area contributed by atoms with E-state index in [4.69, 9.17) is 4.74 Å². The summed E-state index contributed by atoms with van der Waals surface area (Å²) in [5.41, 5.74) is 1.31. The van der Waals surface area contributed by atoms with Crippen molar-refractivity contribution in [1.82, 2.24) is 14.4 Å². The molecule has 2 aliphatic heterocycles. The van der Waals surface area contributed by atoms with Crippen LogP contribution in [0.5, 0.6) is 5.75 Å². The highest BCUT2D eigenvalue weighted by molar-refractivity contribution is 5.98. The first kappa shape index (κ1) is 20.5. The fourth-order valence-electron chi connectivity index (χ4n) is 4.31. The van der Waals surface area contributed by atoms with Crippen LogP contribution in [0.2, 0.25) is 0 Å². The van der Waals surface area contributed by atoms with Gasteiger partial charge in [-0.1, -0.05) is 6.07 Å². The van der Waals surface area contributed by atoms with Crippen LogP contribution in [-0.4, -0.2) is 53.6 Å². The van der Waals surface area contributed by atoms with Gasteiger partial charge >= 0.3 is 0 Å². The van der Waals surface area contributed by atoms with Gasteiger partial charge in [-0.3, -0.25) is 14.5 Å². The quantitative estimate of drug-likeness (QED) is 0.767. The van der Waals surface area contributed by atoms with Crippen LogP contribution in [0.15, 0.2) is 29.1 Å². The Morgan fingerprint density at radius 2 is 1.83 bits per heavy atom. The number of pyridine rings is 1. The molecule has 6 nitrogen and oxygen atoms in total. The van der Waals surface area contributed by atoms with Gasteiger partial charge in [0.15, 0.2) is 0 Å². The van der Waals surface area contributed by atoms with Crippen LogP contribution in [0.25, 0.3) is 0 Å². The topological polar surface area (TPSA) is 54.8 Å². The standard InChI is InChI=1S/C22H25F2N3O3/c1-30-19-13-20(28)27-11-10-25(14-15-4-5-16(23)12-17(15)24)9-6-18(27)21(19)22(29)26-7-2-3-8-26/h4-5,12-13H,2-3,6-11,14H2,1H3. The number of hydrogen-bond donors (Lipinski definition) is 0. The molecule has 2 aromatic rings. The van der Waals surface area contributed by atoms with Crippen LogP contribution in [0, 0.1) is 11.6 Å². The number of carbonyl (C=O) groups excluding carboxylic acids is 1. The van der Waals surface area contributed by atoms with Gasteiger partial charge in [-0.2, -0.15) is 0 Å². The predicted molar refractivity (Wildman–Crippen MR) is 108 cm³/mol. The van der Waals surface area contributed by atoms with Gasteiger partial charge in [-0.05, 0) is 18.9 Å². The molecular formula is C22H25F2N3O3. The first-order valence-electron chi connectivity index (χ1n) is 10.2. The molecule has 8 heteroatoms. The summed E-state index contributed by atoms with van der Waals surface area (Å²) < 4.78 is 34.3. The van der Waals surface area contributed by atoms with Crippen molar-refractivity contribution < 1.29 is 18.3 Å². The highest BCUT2D eigenvalue weighted by Crippen LogP contribution is 2.26. The van der Waals surface area contributed by atoms with Crippen molar-refractivity contribution in [2.75, 3.05) is 33.3 Å². The first-order valence-corrected chi connectivity index (χ1v) is 10.2. The molecule has 1 amide bonds. The Morgan fingerprint density at radius 1 is 1.07 bits per heavy atom. The van der Waals surface area contributed by atoms with Gasteiger partial charge in [0, 0.05) is 69.1 Å². The van der Waals surface area contributed by atoms with Crippen LogP contribution in [0.3, 0.4) is 0 Å². The molecule has 1 fully saturated rings. The maximum absolute atomic E-state index is 14.1. The molecule has 30 heavy (non-hydrogen) atoms. The molecule has 2 aliphatic rings. The number of hydrogen-bond acceptors (Lipinski definition) is 4. The molecule has 160 valence electrons. The molecule has 0 radical (unpaired) electrons. The number of ether oxygens (including phenoxy) is 1. The largest absolute Gasteiger partial charge is 0.496 e. The van der Waals surface area contributed by atoms with E-state index in [9.17, 15) is 18.4 Å². The van der Waals surface area contributed by atoms with Crippen molar-refractivity contribution in [2.45, 2.75) is 32.4 Å². The number of fused-ring (bicyclic) bond motifs is 1. The zero-order chi connectivity index (χ0) is 21.3. The molecule has 0 N–H and O–H groups in total. The molecule has 1 aromatic heterocycles. The van der Waals surface area contributed by atoms with E-state index in [1.807, 2.05) is 4.90 Å². The zero-order valence-electron chi connectivity index (χ0n) is 17.0. The number of aromatic nitrogens is 1. The number of amides is 1. The average molecular weight is 417 g/mol. The lowest BCUT2D eigenvalue weighted by Gasteiger charge is -2.21. The highest BCUT2D eigenvalue weighted by Gasteiger charge is 2.29. The minimum absolute atomic E-state index is 0.105. The Kier molecular flexibility index (Phi) is 5.85. The van der Waals surface area contributed by atoms with Crippen LogP contribution in [0.4, 0.5) is 8.78 Å². The van der Waals surface area contributed by atoms with Gasteiger partial charge < -0.3 is 14.2 Å². The number of methoxy groups -OCH3 is 1. The summed E-state index contributed by atoms with van der Waals surface area (Å²) in [6.07, 6.45) is 2.41. The molecule has 0 aliphatic carbocycles. The van der Waals surface area contributed by atoms with E-state index in [0.29, 0.717) is 68.3 Å². The van der Waals surface area contributed by atoms with Crippen molar-refractivity contribution in [2.24, 2.45) is 0 Å². The molecule has 4 rings (SSSR count). The third-order valence-corrected chi connectivity index (χ3v) is 5.92. The highest BCUT2D eigenvalue weighted by atomic mass is 19.1. The van der Waals surface area contributed by atoms with E-state index < -0.39 is 11.6 Å². The van der Waals surface area contributed by atoms with E-state index in [1.165, 1.54) is 25.3 Å². The van der Waals surface area contributed by atoms with E-state index >= 15 is 0 Å². The van der Waals surface area contributed by atoms with Crippen molar-refractivity contribution in [3.05, 3.63) is 63.1 Å². The Labute approximate surface area is 173 Å². The minimum atomic E-state index is -0.608. The molecule has 0 unspecified atom stereocenters. The second kappa shape index (κ2) is 8.55. The number of nitrogens with zero attached hydrogens (tertiary/aromatic N) is 3. The number of likely N-dealkylation sites (tertiary alicyclic amines) is 1. The molecule has 0 atom stereocenters. The van der Waals surface area contributed by atoms with Gasteiger partial charge in [0.2, 0.25) is 0 Å². The van der Waals surface area contributed by atoms with Gasteiger partial charge in [0.25, 0.3) is 11.5 Å². The Bertz CT molecular complexity index is 1020. The van der Waals surface area contributed by atoms with E-state index in [0.717, 1.165) is 18.9 Å². The number of carbonyl (C=O) groups is 1. The Morgan fingerprint density at radius 3 is 2.53 bits per heavy atom. The summed E-state index contributed by atoms with van der Waals surface area (Å²) in [4.78, 5) is 29.7. The third-order valence-electron chi connectivity index (χ3n) is 5.92. The van der Waals surface area contributed by atoms with Gasteiger partial charge in [0.05, 0.1) is 7.11 Å². The monoisotopic (exact) mass is 417 g/mol. The van der Waals surface area contributed by atoms with E-state index in [2.05, 4.69) is 0 Å². The molecule has 1 aromatic carbocycles. The van der Waals surface area contributed by atoms with Gasteiger partial charge in [-0.25, -0.2) is 8.78 Å². The second-order valence-electron chi connectivity index (χ2n) is 7.79. The summed E-state index contributed by atoms with van der Waals surface area (Å²) in [5.74, 6) is -0.990. The summed E-state index contributed by atoms with van der Waals surface area (Å²) in [6, 6.07) is 4.94. The summed E-state index contributed by atoms with van der Waals surface area (Å²) in [5, 5.41) is 0. The molecule has 0 saturated carbocycles. The maximum atomic E-state index is 14.1. The molecule has 0 bridgehead atoms. The predicted octanol–water partition coefficient (Wildman–Crippen LogP) is 2.43. The Hall–Kier alpha value is -2.74. The first-order chi connectivity index (χ1) is 14.5. The minimum Gasteiger partial charge on any atom is -0.496 e. The molecule has 3 heterocycles. The van der Waals surface area contributed by atoms with Crippen molar-refractivity contribution in [3.63, 3.8) is 0 Å². The average Bonchev–Trinajstić information content (AvgIpc) is 3.18.